The van der Waals surface area contributed by atoms with Crippen LogP contribution in [0, 0.1) is 0 Å². The summed E-state index contributed by atoms with van der Waals surface area (Å²) in [6.45, 7) is 1.13. The third-order valence-electron chi connectivity index (χ3n) is 5.40. The number of aromatic nitrogens is 1. The number of nitrogens with zero attached hydrogens (tertiary/aromatic N) is 2. The van der Waals surface area contributed by atoms with E-state index in [1.165, 1.54) is 6.08 Å². The van der Waals surface area contributed by atoms with Crippen LogP contribution in [0.2, 0.25) is 0 Å². The molecule has 0 bridgehead atoms. The van der Waals surface area contributed by atoms with Crippen molar-refractivity contribution in [1.29, 1.82) is 0 Å². The first-order valence-electron chi connectivity index (χ1n) is 10.5. The van der Waals surface area contributed by atoms with Crippen LogP contribution < -0.4 is 5.32 Å². The fourth-order valence-electron chi connectivity index (χ4n) is 3.75. The van der Waals surface area contributed by atoms with Crippen LogP contribution in [-0.4, -0.2) is 36.7 Å². The SMILES string of the molecule is O=C(/C=C/c1cccc2cccnc12)Nc1ccc(S(=O)(=O)N2CCCCCC2)cc1. The van der Waals surface area contributed by atoms with E-state index in [1.54, 1.807) is 40.8 Å². The van der Waals surface area contributed by atoms with E-state index in [9.17, 15) is 13.2 Å². The topological polar surface area (TPSA) is 79.4 Å². The monoisotopic (exact) mass is 435 g/mol. The van der Waals surface area contributed by atoms with Crippen LogP contribution >= 0.6 is 0 Å². The molecule has 1 aliphatic rings. The highest BCUT2D eigenvalue weighted by Crippen LogP contribution is 2.22. The molecular weight excluding hydrogens is 410 g/mol. The number of carbonyl (C=O) groups is 1. The zero-order chi connectivity index (χ0) is 21.7. The van der Waals surface area contributed by atoms with Gasteiger partial charge in [0.25, 0.3) is 0 Å². The molecule has 2 heterocycles. The molecule has 1 saturated heterocycles. The minimum absolute atomic E-state index is 0.254. The second kappa shape index (κ2) is 9.41. The van der Waals surface area contributed by atoms with E-state index >= 15 is 0 Å². The number of sulfonamides is 1. The Bertz CT molecular complexity index is 1190. The number of pyridine rings is 1. The zero-order valence-electron chi connectivity index (χ0n) is 17.2. The van der Waals surface area contributed by atoms with Crippen LogP contribution in [0.1, 0.15) is 31.2 Å². The Balaban J connectivity index is 1.44. The van der Waals surface area contributed by atoms with Crippen molar-refractivity contribution < 1.29 is 13.2 Å². The van der Waals surface area contributed by atoms with Crippen molar-refractivity contribution in [3.63, 3.8) is 0 Å². The van der Waals surface area contributed by atoms with Crippen LogP contribution in [0.5, 0.6) is 0 Å². The molecule has 1 aliphatic heterocycles. The van der Waals surface area contributed by atoms with Gasteiger partial charge in [-0.05, 0) is 49.2 Å². The van der Waals surface area contributed by atoms with Gasteiger partial charge in [0, 0.05) is 42.0 Å². The molecule has 1 N–H and O–H groups in total. The minimum atomic E-state index is -3.50. The van der Waals surface area contributed by atoms with E-state index in [0.717, 1.165) is 42.1 Å². The molecule has 0 unspecified atom stereocenters. The molecule has 31 heavy (non-hydrogen) atoms. The van der Waals surface area contributed by atoms with Crippen molar-refractivity contribution in [2.75, 3.05) is 18.4 Å². The maximum absolute atomic E-state index is 12.9. The van der Waals surface area contributed by atoms with E-state index in [2.05, 4.69) is 10.3 Å². The zero-order valence-corrected chi connectivity index (χ0v) is 18.0. The first-order chi connectivity index (χ1) is 15.0. The second-order valence-electron chi connectivity index (χ2n) is 7.59. The highest BCUT2D eigenvalue weighted by Gasteiger charge is 2.24. The summed E-state index contributed by atoms with van der Waals surface area (Å²) in [6, 6.07) is 16.0. The van der Waals surface area contributed by atoms with Gasteiger partial charge in [0.15, 0.2) is 0 Å². The average molecular weight is 436 g/mol. The number of para-hydroxylation sites is 1. The summed E-state index contributed by atoms with van der Waals surface area (Å²) in [5.41, 5.74) is 2.23. The normalized spacial score (nSPS) is 15.7. The van der Waals surface area contributed by atoms with Gasteiger partial charge < -0.3 is 5.32 Å². The average Bonchev–Trinajstić information content (AvgIpc) is 3.08. The number of benzene rings is 2. The Morgan fingerprint density at radius 2 is 1.65 bits per heavy atom. The largest absolute Gasteiger partial charge is 0.323 e. The van der Waals surface area contributed by atoms with Gasteiger partial charge in [-0.25, -0.2) is 8.42 Å². The number of hydrogen-bond acceptors (Lipinski definition) is 4. The quantitative estimate of drug-likeness (QED) is 0.601. The van der Waals surface area contributed by atoms with Gasteiger partial charge in [-0.3, -0.25) is 9.78 Å². The Hall–Kier alpha value is -3.03. The lowest BCUT2D eigenvalue weighted by Crippen LogP contribution is -2.31. The third kappa shape index (κ3) is 5.00. The molecule has 0 aliphatic carbocycles. The number of hydrogen-bond donors (Lipinski definition) is 1. The molecular formula is C24H25N3O3S. The predicted molar refractivity (Wildman–Crippen MR) is 123 cm³/mol. The van der Waals surface area contributed by atoms with Crippen molar-refractivity contribution in [3.8, 4) is 0 Å². The summed E-state index contributed by atoms with van der Waals surface area (Å²) in [5, 5.41) is 3.78. The van der Waals surface area contributed by atoms with Crippen LogP contribution in [0.4, 0.5) is 5.69 Å². The molecule has 0 atom stereocenters. The number of rotatable bonds is 5. The molecule has 0 spiro atoms. The Kier molecular flexibility index (Phi) is 6.44. The molecule has 1 amide bonds. The van der Waals surface area contributed by atoms with Crippen molar-refractivity contribution in [3.05, 3.63) is 72.4 Å². The van der Waals surface area contributed by atoms with Crippen LogP contribution in [0.3, 0.4) is 0 Å². The van der Waals surface area contributed by atoms with Crippen molar-refractivity contribution >= 4 is 38.6 Å². The Labute approximate surface area is 182 Å². The summed E-state index contributed by atoms with van der Waals surface area (Å²) in [5.74, 6) is -0.295. The molecule has 1 fully saturated rings. The highest BCUT2D eigenvalue weighted by atomic mass is 32.2. The van der Waals surface area contributed by atoms with E-state index in [0.29, 0.717) is 18.8 Å². The molecule has 6 nitrogen and oxygen atoms in total. The molecule has 1 aromatic heterocycles. The standard InChI is InChI=1S/C24H25N3O3S/c28-23(15-10-20-8-5-7-19-9-6-16-25-24(19)20)26-21-11-13-22(14-12-21)31(29,30)27-17-3-1-2-4-18-27/h5-16H,1-4,17-18H2,(H,26,28)/b15-10+. The summed E-state index contributed by atoms with van der Waals surface area (Å²) in [7, 11) is -3.50. The fraction of sp³-hybridized carbons (Fsp3) is 0.250. The highest BCUT2D eigenvalue weighted by molar-refractivity contribution is 7.89. The number of nitrogens with one attached hydrogen (secondary N) is 1. The molecule has 2 aromatic carbocycles. The summed E-state index contributed by atoms with van der Waals surface area (Å²) < 4.78 is 27.3. The van der Waals surface area contributed by atoms with Crippen LogP contribution in [0.15, 0.2) is 71.8 Å². The van der Waals surface area contributed by atoms with Gasteiger partial charge in [0.1, 0.15) is 0 Å². The Morgan fingerprint density at radius 3 is 2.39 bits per heavy atom. The minimum Gasteiger partial charge on any atom is -0.323 e. The number of anilines is 1. The van der Waals surface area contributed by atoms with Crippen molar-refractivity contribution in [1.82, 2.24) is 9.29 Å². The molecule has 4 rings (SSSR count). The Morgan fingerprint density at radius 1 is 0.935 bits per heavy atom. The second-order valence-corrected chi connectivity index (χ2v) is 9.53. The third-order valence-corrected chi connectivity index (χ3v) is 7.32. The lowest BCUT2D eigenvalue weighted by Gasteiger charge is -2.20. The maximum atomic E-state index is 12.9. The summed E-state index contributed by atoms with van der Waals surface area (Å²) in [6.07, 6.45) is 8.83. The van der Waals surface area contributed by atoms with Gasteiger partial charge in [-0.2, -0.15) is 4.31 Å². The number of amides is 1. The maximum Gasteiger partial charge on any atom is 0.248 e. The van der Waals surface area contributed by atoms with Gasteiger partial charge in [-0.1, -0.05) is 37.1 Å². The number of fused-ring (bicyclic) bond motifs is 1. The van der Waals surface area contributed by atoms with Crippen molar-refractivity contribution in [2.24, 2.45) is 0 Å². The van der Waals surface area contributed by atoms with Crippen LogP contribution in [0.25, 0.3) is 17.0 Å². The van der Waals surface area contributed by atoms with Crippen LogP contribution in [-0.2, 0) is 14.8 Å². The smallest absolute Gasteiger partial charge is 0.248 e. The lowest BCUT2D eigenvalue weighted by molar-refractivity contribution is -0.111. The first kappa shape index (κ1) is 21.2. The van der Waals surface area contributed by atoms with E-state index < -0.39 is 10.0 Å². The summed E-state index contributed by atoms with van der Waals surface area (Å²) in [4.78, 5) is 17.0. The molecule has 7 heteroatoms. The van der Waals surface area contributed by atoms with Gasteiger partial charge >= 0.3 is 0 Å². The molecule has 0 radical (unpaired) electrons. The van der Waals surface area contributed by atoms with Gasteiger partial charge in [0.05, 0.1) is 10.4 Å². The predicted octanol–water partition coefficient (Wildman–Crippen LogP) is 4.45. The van der Waals surface area contributed by atoms with E-state index in [1.807, 2.05) is 30.3 Å². The van der Waals surface area contributed by atoms with Crippen molar-refractivity contribution in [2.45, 2.75) is 30.6 Å². The lowest BCUT2D eigenvalue weighted by atomic mass is 10.1. The fourth-order valence-corrected chi connectivity index (χ4v) is 5.27. The van der Waals surface area contributed by atoms with E-state index in [-0.39, 0.29) is 10.8 Å². The molecule has 0 saturated carbocycles. The number of carbonyl (C=O) groups excluding carboxylic acids is 1. The van der Waals surface area contributed by atoms with Gasteiger partial charge in [-0.15, -0.1) is 0 Å². The molecule has 160 valence electrons. The molecule has 3 aromatic rings. The summed E-state index contributed by atoms with van der Waals surface area (Å²) >= 11 is 0. The first-order valence-corrected chi connectivity index (χ1v) is 11.9. The van der Waals surface area contributed by atoms with Gasteiger partial charge in [0.2, 0.25) is 15.9 Å². The van der Waals surface area contributed by atoms with E-state index in [4.69, 9.17) is 0 Å².